The highest BCUT2D eigenvalue weighted by Crippen LogP contribution is 2.36. The van der Waals surface area contributed by atoms with Crippen molar-refractivity contribution in [2.24, 2.45) is 5.92 Å². The van der Waals surface area contributed by atoms with Gasteiger partial charge in [0.25, 0.3) is 0 Å². The van der Waals surface area contributed by atoms with Crippen molar-refractivity contribution in [3.8, 4) is 17.1 Å². The maximum atomic E-state index is 12.8. The molecule has 2 atom stereocenters. The van der Waals surface area contributed by atoms with Gasteiger partial charge in [-0.2, -0.15) is 0 Å². The van der Waals surface area contributed by atoms with Gasteiger partial charge in [0.05, 0.1) is 25.5 Å². The fourth-order valence-electron chi connectivity index (χ4n) is 5.10. The summed E-state index contributed by atoms with van der Waals surface area (Å²) in [5.74, 6) is 1.36. The molecule has 1 unspecified atom stereocenters. The summed E-state index contributed by atoms with van der Waals surface area (Å²) < 4.78 is 19.4. The van der Waals surface area contributed by atoms with Crippen LogP contribution in [0.3, 0.4) is 0 Å². The Morgan fingerprint density at radius 2 is 2.10 bits per heavy atom. The molecule has 0 radical (unpaired) electrons. The summed E-state index contributed by atoms with van der Waals surface area (Å²) >= 11 is 0. The van der Waals surface area contributed by atoms with Gasteiger partial charge in [-0.1, -0.05) is 13.0 Å². The summed E-state index contributed by atoms with van der Waals surface area (Å²) in [4.78, 5) is 15.3. The summed E-state index contributed by atoms with van der Waals surface area (Å²) in [6.07, 6.45) is 3.41. The minimum atomic E-state index is -0.0909. The zero-order valence-corrected chi connectivity index (χ0v) is 18.6. The Morgan fingerprint density at radius 3 is 2.90 bits per heavy atom. The van der Waals surface area contributed by atoms with Crippen LogP contribution in [-0.2, 0) is 22.4 Å². The van der Waals surface area contributed by atoms with Crippen LogP contribution in [0.2, 0.25) is 0 Å². The lowest BCUT2D eigenvalue weighted by atomic mass is 9.93. The van der Waals surface area contributed by atoms with Crippen molar-refractivity contribution >= 4 is 5.69 Å². The summed E-state index contributed by atoms with van der Waals surface area (Å²) in [7, 11) is 0. The standard InChI is InChI=1S/C25H32N2O4/c1-17-4-3-8-26(14-17)20-5-6-22-19(12-20)7-9-27-24(13-23(28)18(2)25(22)27)31-16-21-15-29-10-11-30-21/h5-6,12-13,17,21H,3-4,7-11,14-16H2,1-2H3/t17?,21-/m0/s1. The van der Waals surface area contributed by atoms with Crippen LogP contribution >= 0.6 is 0 Å². The van der Waals surface area contributed by atoms with E-state index >= 15 is 0 Å². The molecular weight excluding hydrogens is 392 g/mol. The molecule has 0 aliphatic carbocycles. The Morgan fingerprint density at radius 1 is 1.19 bits per heavy atom. The molecule has 1 aromatic heterocycles. The predicted molar refractivity (Wildman–Crippen MR) is 121 cm³/mol. The first-order valence-electron chi connectivity index (χ1n) is 11.5. The fourth-order valence-corrected chi connectivity index (χ4v) is 5.10. The molecule has 0 N–H and O–H groups in total. The highest BCUT2D eigenvalue weighted by Gasteiger charge is 2.25. The molecular formula is C25H32N2O4. The minimum Gasteiger partial charge on any atom is -0.476 e. The number of piperidine rings is 1. The molecule has 6 nitrogen and oxygen atoms in total. The summed E-state index contributed by atoms with van der Waals surface area (Å²) in [5.41, 5.74) is 5.56. The van der Waals surface area contributed by atoms with Crippen LogP contribution < -0.4 is 15.1 Å². The average molecular weight is 425 g/mol. The molecule has 2 fully saturated rings. The second-order valence-corrected chi connectivity index (χ2v) is 9.14. The molecule has 0 amide bonds. The third kappa shape index (κ3) is 4.11. The molecule has 5 rings (SSSR count). The number of aryl methyl sites for hydroxylation is 1. The molecule has 3 aliphatic heterocycles. The van der Waals surface area contributed by atoms with Crippen molar-refractivity contribution in [1.82, 2.24) is 4.57 Å². The van der Waals surface area contributed by atoms with Crippen molar-refractivity contribution in [3.05, 3.63) is 45.6 Å². The Kier molecular flexibility index (Phi) is 5.76. The van der Waals surface area contributed by atoms with Crippen LogP contribution in [-0.4, -0.2) is 50.2 Å². The summed E-state index contributed by atoms with van der Waals surface area (Å²) in [5, 5.41) is 0. The van der Waals surface area contributed by atoms with Crippen molar-refractivity contribution < 1.29 is 14.2 Å². The number of anilines is 1. The van der Waals surface area contributed by atoms with Crippen LogP contribution in [0.4, 0.5) is 5.69 Å². The molecule has 4 heterocycles. The first-order chi connectivity index (χ1) is 15.1. The second-order valence-electron chi connectivity index (χ2n) is 9.14. The van der Waals surface area contributed by atoms with Gasteiger partial charge in [0.1, 0.15) is 12.7 Å². The lowest BCUT2D eigenvalue weighted by Gasteiger charge is -2.34. The van der Waals surface area contributed by atoms with E-state index in [-0.39, 0.29) is 11.5 Å². The number of hydrogen-bond donors (Lipinski definition) is 0. The number of aromatic nitrogens is 1. The van der Waals surface area contributed by atoms with E-state index in [9.17, 15) is 4.79 Å². The number of ether oxygens (including phenoxy) is 3. The largest absolute Gasteiger partial charge is 0.476 e. The molecule has 1 aromatic carbocycles. The summed E-state index contributed by atoms with van der Waals surface area (Å²) in [6.45, 7) is 9.46. The van der Waals surface area contributed by atoms with E-state index in [0.29, 0.717) is 32.3 Å². The van der Waals surface area contributed by atoms with Crippen molar-refractivity contribution in [3.63, 3.8) is 0 Å². The van der Waals surface area contributed by atoms with Crippen LogP contribution in [0.15, 0.2) is 29.1 Å². The Balaban J connectivity index is 1.45. The van der Waals surface area contributed by atoms with E-state index in [1.54, 1.807) is 6.07 Å². The maximum absolute atomic E-state index is 12.8. The molecule has 0 saturated carbocycles. The summed E-state index contributed by atoms with van der Waals surface area (Å²) in [6, 6.07) is 8.37. The van der Waals surface area contributed by atoms with Gasteiger partial charge in [0, 0.05) is 42.5 Å². The Bertz CT molecular complexity index is 1010. The molecule has 2 saturated heterocycles. The van der Waals surface area contributed by atoms with E-state index in [1.807, 2.05) is 6.92 Å². The van der Waals surface area contributed by atoms with Gasteiger partial charge in [-0.25, -0.2) is 0 Å². The maximum Gasteiger partial charge on any atom is 0.197 e. The van der Waals surface area contributed by atoms with E-state index < -0.39 is 0 Å². The molecule has 31 heavy (non-hydrogen) atoms. The predicted octanol–water partition coefficient (Wildman–Crippen LogP) is 3.41. The second kappa shape index (κ2) is 8.67. The minimum absolute atomic E-state index is 0.0174. The van der Waals surface area contributed by atoms with Crippen molar-refractivity contribution in [2.75, 3.05) is 44.4 Å². The lowest BCUT2D eigenvalue weighted by molar-refractivity contribution is -0.102. The Labute approximate surface area is 183 Å². The first-order valence-corrected chi connectivity index (χ1v) is 11.5. The van der Waals surface area contributed by atoms with Crippen LogP contribution in [0, 0.1) is 12.8 Å². The van der Waals surface area contributed by atoms with Gasteiger partial charge in [-0.05, 0) is 49.8 Å². The number of hydrogen-bond acceptors (Lipinski definition) is 5. The third-order valence-electron chi connectivity index (χ3n) is 6.79. The van der Waals surface area contributed by atoms with Crippen LogP contribution in [0.1, 0.15) is 30.9 Å². The van der Waals surface area contributed by atoms with E-state index in [1.165, 1.54) is 24.1 Å². The number of benzene rings is 1. The number of pyridine rings is 1. The van der Waals surface area contributed by atoms with Crippen molar-refractivity contribution in [1.29, 1.82) is 0 Å². The molecule has 0 bridgehead atoms. The topological polar surface area (TPSA) is 52.9 Å². The van der Waals surface area contributed by atoms with Gasteiger partial charge in [0.15, 0.2) is 11.3 Å². The number of rotatable bonds is 4. The molecule has 2 aromatic rings. The van der Waals surface area contributed by atoms with Gasteiger partial charge in [-0.15, -0.1) is 0 Å². The van der Waals surface area contributed by atoms with Crippen LogP contribution in [0.25, 0.3) is 11.3 Å². The zero-order chi connectivity index (χ0) is 21.4. The van der Waals surface area contributed by atoms with E-state index in [0.717, 1.165) is 48.8 Å². The van der Waals surface area contributed by atoms with Gasteiger partial charge in [0.2, 0.25) is 0 Å². The quantitative estimate of drug-likeness (QED) is 0.753. The zero-order valence-electron chi connectivity index (χ0n) is 18.6. The highest BCUT2D eigenvalue weighted by atomic mass is 16.6. The van der Waals surface area contributed by atoms with E-state index in [4.69, 9.17) is 14.2 Å². The van der Waals surface area contributed by atoms with Gasteiger partial charge >= 0.3 is 0 Å². The smallest absolute Gasteiger partial charge is 0.197 e. The molecule has 3 aliphatic rings. The van der Waals surface area contributed by atoms with E-state index in [2.05, 4.69) is 34.6 Å². The molecule has 6 heteroatoms. The molecule has 166 valence electrons. The monoisotopic (exact) mass is 424 g/mol. The normalized spacial score (nSPS) is 23.2. The average Bonchev–Trinajstić information content (AvgIpc) is 2.80. The third-order valence-corrected chi connectivity index (χ3v) is 6.79. The van der Waals surface area contributed by atoms with Crippen LogP contribution in [0.5, 0.6) is 5.88 Å². The van der Waals surface area contributed by atoms with Gasteiger partial charge in [-0.3, -0.25) is 4.79 Å². The number of nitrogens with zero attached hydrogens (tertiary/aromatic N) is 2. The van der Waals surface area contributed by atoms with Gasteiger partial charge < -0.3 is 23.7 Å². The first kappa shape index (κ1) is 20.6. The SMILES string of the molecule is Cc1c2n(c(OC[C@@H]3COCCO3)cc1=O)CCc1cc(N3CCCC(C)C3)ccc1-2. The fraction of sp³-hybridized carbons (Fsp3) is 0.560. The number of fused-ring (bicyclic) bond motifs is 3. The van der Waals surface area contributed by atoms with Crippen molar-refractivity contribution in [2.45, 2.75) is 45.8 Å². The molecule has 0 spiro atoms. The highest BCUT2D eigenvalue weighted by molar-refractivity contribution is 5.72. The Hall–Kier alpha value is -2.31. The lowest BCUT2D eigenvalue weighted by Crippen LogP contribution is -2.34.